The van der Waals surface area contributed by atoms with Crippen LogP contribution in [0.15, 0.2) is 27.6 Å². The third-order valence-electron chi connectivity index (χ3n) is 3.53. The zero-order chi connectivity index (χ0) is 16.1. The second-order valence-corrected chi connectivity index (χ2v) is 8.31. The van der Waals surface area contributed by atoms with Crippen molar-refractivity contribution in [1.82, 2.24) is 4.72 Å². The molecule has 1 aromatic rings. The first-order valence-electron chi connectivity index (χ1n) is 6.34. The van der Waals surface area contributed by atoms with E-state index < -0.39 is 32.2 Å². The maximum atomic E-state index is 13.0. The molecule has 1 aliphatic carbocycles. The third-order valence-corrected chi connectivity index (χ3v) is 5.76. The van der Waals surface area contributed by atoms with Crippen LogP contribution < -0.4 is 4.72 Å². The Morgan fingerprint density at radius 1 is 1.24 bits per heavy atom. The molecule has 2 rings (SSSR count). The molecule has 1 aromatic carbocycles. The smallest absolute Gasteiger partial charge is 0.207 e. The molecule has 0 bridgehead atoms. The molecule has 0 atom stereocenters. The van der Waals surface area contributed by atoms with Crippen LogP contribution in [0.4, 0.5) is 13.2 Å². The molecule has 0 amide bonds. The van der Waals surface area contributed by atoms with Crippen LogP contribution in [0.5, 0.6) is 0 Å². The maximum Gasteiger partial charge on any atom is 0.417 e. The Kier molecular flexibility index (Phi) is 4.18. The number of sulfonamides is 1. The van der Waals surface area contributed by atoms with Crippen molar-refractivity contribution < 1.29 is 21.6 Å². The van der Waals surface area contributed by atoms with Crippen LogP contribution >= 0.6 is 15.9 Å². The Morgan fingerprint density at radius 2 is 1.81 bits per heavy atom. The van der Waals surface area contributed by atoms with Crippen molar-refractivity contribution in [3.63, 3.8) is 0 Å². The minimum atomic E-state index is -4.74. The summed E-state index contributed by atoms with van der Waals surface area (Å²) in [7, 11) is -4.24. The SMILES string of the molecule is CC(C)(NS(=O)(=O)c1ccc(Br)cc1C(F)(F)F)C1CC1. The van der Waals surface area contributed by atoms with Crippen LogP contribution in [0.3, 0.4) is 0 Å². The zero-order valence-electron chi connectivity index (χ0n) is 11.5. The van der Waals surface area contributed by atoms with Crippen molar-refractivity contribution >= 4 is 26.0 Å². The molecular weight excluding hydrogens is 371 g/mol. The fraction of sp³-hybridized carbons (Fsp3) is 0.538. The Morgan fingerprint density at radius 3 is 2.29 bits per heavy atom. The van der Waals surface area contributed by atoms with E-state index in [-0.39, 0.29) is 10.4 Å². The van der Waals surface area contributed by atoms with Gasteiger partial charge in [0.05, 0.1) is 10.5 Å². The lowest BCUT2D eigenvalue weighted by atomic mass is 10.0. The fourth-order valence-corrected chi connectivity index (χ4v) is 4.29. The predicted molar refractivity (Wildman–Crippen MR) is 76.3 cm³/mol. The molecule has 1 N–H and O–H groups in total. The largest absolute Gasteiger partial charge is 0.417 e. The van der Waals surface area contributed by atoms with E-state index in [0.29, 0.717) is 0 Å². The van der Waals surface area contributed by atoms with E-state index in [1.165, 1.54) is 6.07 Å². The van der Waals surface area contributed by atoms with Crippen molar-refractivity contribution in [2.24, 2.45) is 5.92 Å². The van der Waals surface area contributed by atoms with Gasteiger partial charge in [-0.1, -0.05) is 15.9 Å². The molecule has 0 aromatic heterocycles. The van der Waals surface area contributed by atoms with Crippen LogP contribution in [-0.4, -0.2) is 14.0 Å². The highest BCUT2D eigenvalue weighted by molar-refractivity contribution is 9.10. The number of hydrogen-bond acceptors (Lipinski definition) is 2. The Hall–Kier alpha value is -0.600. The molecule has 1 aliphatic rings. The van der Waals surface area contributed by atoms with Gasteiger partial charge in [-0.3, -0.25) is 0 Å². The van der Waals surface area contributed by atoms with Crippen LogP contribution in [0, 0.1) is 5.92 Å². The van der Waals surface area contributed by atoms with E-state index in [9.17, 15) is 21.6 Å². The Bertz CT molecular complexity index is 652. The molecule has 0 saturated heterocycles. The van der Waals surface area contributed by atoms with E-state index in [0.717, 1.165) is 25.0 Å². The second kappa shape index (κ2) is 5.24. The molecule has 0 heterocycles. The van der Waals surface area contributed by atoms with Gasteiger partial charge in [-0.05, 0) is 50.8 Å². The number of alkyl halides is 3. The lowest BCUT2D eigenvalue weighted by molar-refractivity contribution is -0.139. The fourth-order valence-electron chi connectivity index (χ4n) is 2.25. The summed E-state index contributed by atoms with van der Waals surface area (Å²) in [4.78, 5) is -0.744. The average Bonchev–Trinajstić information content (AvgIpc) is 3.09. The Labute approximate surface area is 130 Å². The van der Waals surface area contributed by atoms with Gasteiger partial charge in [0.2, 0.25) is 10.0 Å². The molecule has 1 saturated carbocycles. The molecule has 3 nitrogen and oxygen atoms in total. The van der Waals surface area contributed by atoms with Crippen LogP contribution in [0.1, 0.15) is 32.3 Å². The third kappa shape index (κ3) is 3.78. The average molecular weight is 386 g/mol. The minimum absolute atomic E-state index is 0.164. The summed E-state index contributed by atoms with van der Waals surface area (Å²) in [5.41, 5.74) is -1.93. The predicted octanol–water partition coefficient (Wildman–Crippen LogP) is 3.93. The summed E-state index contributed by atoms with van der Waals surface area (Å²) in [5.74, 6) is 0.164. The number of nitrogens with one attached hydrogen (secondary N) is 1. The molecular formula is C13H15BrF3NO2S. The maximum absolute atomic E-state index is 13.0. The molecule has 118 valence electrons. The highest BCUT2D eigenvalue weighted by Gasteiger charge is 2.43. The van der Waals surface area contributed by atoms with Crippen LogP contribution in [-0.2, 0) is 16.2 Å². The van der Waals surface area contributed by atoms with E-state index in [2.05, 4.69) is 20.7 Å². The highest BCUT2D eigenvalue weighted by Crippen LogP contribution is 2.41. The van der Waals surface area contributed by atoms with Crippen molar-refractivity contribution in [2.45, 2.75) is 43.3 Å². The molecule has 0 spiro atoms. The monoisotopic (exact) mass is 385 g/mol. The van der Waals surface area contributed by atoms with Crippen molar-refractivity contribution in [3.05, 3.63) is 28.2 Å². The van der Waals surface area contributed by atoms with Gasteiger partial charge in [0.15, 0.2) is 0 Å². The highest BCUT2D eigenvalue weighted by atomic mass is 79.9. The van der Waals surface area contributed by atoms with Crippen LogP contribution in [0.25, 0.3) is 0 Å². The van der Waals surface area contributed by atoms with Gasteiger partial charge in [0.1, 0.15) is 0 Å². The summed E-state index contributed by atoms with van der Waals surface area (Å²) in [6.45, 7) is 3.38. The molecule has 0 unspecified atom stereocenters. The van der Waals surface area contributed by atoms with E-state index >= 15 is 0 Å². The normalized spacial score (nSPS) is 17.0. The van der Waals surface area contributed by atoms with E-state index in [1.54, 1.807) is 13.8 Å². The summed E-state index contributed by atoms with van der Waals surface area (Å²) >= 11 is 2.93. The van der Waals surface area contributed by atoms with Crippen molar-refractivity contribution in [2.75, 3.05) is 0 Å². The molecule has 21 heavy (non-hydrogen) atoms. The first-order chi connectivity index (χ1) is 9.43. The molecule has 8 heteroatoms. The molecule has 0 aliphatic heterocycles. The summed E-state index contributed by atoms with van der Waals surface area (Å²) in [6.07, 6.45) is -2.98. The van der Waals surface area contributed by atoms with Crippen molar-refractivity contribution in [3.8, 4) is 0 Å². The lowest BCUT2D eigenvalue weighted by Gasteiger charge is -2.26. The Balaban J connectivity index is 2.45. The van der Waals surface area contributed by atoms with Gasteiger partial charge in [0.25, 0.3) is 0 Å². The van der Waals surface area contributed by atoms with Gasteiger partial charge < -0.3 is 0 Å². The number of hydrogen-bond donors (Lipinski definition) is 1. The summed E-state index contributed by atoms with van der Waals surface area (Å²) in [6, 6.07) is 3.03. The molecule has 0 radical (unpaired) electrons. The van der Waals surface area contributed by atoms with Crippen LogP contribution in [0.2, 0.25) is 0 Å². The number of halogens is 4. The quantitative estimate of drug-likeness (QED) is 0.852. The minimum Gasteiger partial charge on any atom is -0.207 e. The first-order valence-corrected chi connectivity index (χ1v) is 8.62. The number of benzene rings is 1. The van der Waals surface area contributed by atoms with Crippen molar-refractivity contribution in [1.29, 1.82) is 0 Å². The van der Waals surface area contributed by atoms with Gasteiger partial charge in [-0.2, -0.15) is 13.2 Å². The van der Waals surface area contributed by atoms with Gasteiger partial charge in [0, 0.05) is 10.0 Å². The summed E-state index contributed by atoms with van der Waals surface area (Å²) < 4.78 is 66.4. The van der Waals surface area contributed by atoms with E-state index in [4.69, 9.17) is 0 Å². The van der Waals surface area contributed by atoms with Gasteiger partial charge in [-0.25, -0.2) is 13.1 Å². The van der Waals surface area contributed by atoms with E-state index in [1.807, 2.05) is 0 Å². The standard InChI is InChI=1S/C13H15BrF3NO2S/c1-12(2,8-3-4-8)18-21(19,20)11-6-5-9(14)7-10(11)13(15,16)17/h5-8,18H,3-4H2,1-2H3. The first kappa shape index (κ1) is 16.8. The second-order valence-electron chi connectivity index (χ2n) is 5.74. The topological polar surface area (TPSA) is 46.2 Å². The lowest BCUT2D eigenvalue weighted by Crippen LogP contribution is -2.45. The molecule has 1 fully saturated rings. The summed E-state index contributed by atoms with van der Waals surface area (Å²) in [5, 5.41) is 0. The zero-order valence-corrected chi connectivity index (χ0v) is 13.9. The number of rotatable bonds is 4. The van der Waals surface area contributed by atoms with Gasteiger partial charge >= 0.3 is 6.18 Å². The van der Waals surface area contributed by atoms with Gasteiger partial charge in [-0.15, -0.1) is 0 Å².